The molecule has 0 saturated carbocycles. The summed E-state index contributed by atoms with van der Waals surface area (Å²) in [6.45, 7) is 4.97. The van der Waals surface area contributed by atoms with Crippen molar-refractivity contribution in [1.29, 1.82) is 0 Å². The van der Waals surface area contributed by atoms with Crippen LogP contribution in [-0.4, -0.2) is 42.6 Å². The summed E-state index contributed by atoms with van der Waals surface area (Å²) >= 11 is 1.76. The SMILES string of the molecule is CCCCNC(=O)N(C)[C@H](C)CSC. The number of nitrogens with zero attached hydrogens (tertiary/aromatic N) is 1. The standard InChI is InChI=1S/C10H22N2OS/c1-5-6-7-11-10(13)12(3)9(2)8-14-4/h9H,5-8H2,1-4H3,(H,11,13)/t9-/m1/s1. The van der Waals surface area contributed by atoms with E-state index in [2.05, 4.69) is 25.4 Å². The van der Waals surface area contributed by atoms with Crippen LogP contribution in [0.15, 0.2) is 0 Å². The molecule has 1 N–H and O–H groups in total. The first-order chi connectivity index (χ1) is 6.63. The van der Waals surface area contributed by atoms with Crippen LogP contribution in [-0.2, 0) is 0 Å². The highest BCUT2D eigenvalue weighted by Gasteiger charge is 2.13. The minimum atomic E-state index is 0.0417. The molecule has 0 aliphatic heterocycles. The molecule has 0 aromatic heterocycles. The lowest BCUT2D eigenvalue weighted by atomic mass is 10.3. The zero-order valence-electron chi connectivity index (χ0n) is 9.67. The molecule has 0 rings (SSSR count). The van der Waals surface area contributed by atoms with E-state index in [9.17, 15) is 4.79 Å². The highest BCUT2D eigenvalue weighted by molar-refractivity contribution is 7.98. The summed E-state index contributed by atoms with van der Waals surface area (Å²) in [5, 5.41) is 2.90. The predicted molar refractivity (Wildman–Crippen MR) is 63.9 cm³/mol. The minimum absolute atomic E-state index is 0.0417. The molecule has 0 bridgehead atoms. The van der Waals surface area contributed by atoms with Gasteiger partial charge in [-0.1, -0.05) is 13.3 Å². The van der Waals surface area contributed by atoms with E-state index in [1.54, 1.807) is 16.7 Å². The van der Waals surface area contributed by atoms with Crippen LogP contribution in [0.3, 0.4) is 0 Å². The van der Waals surface area contributed by atoms with Gasteiger partial charge in [0.15, 0.2) is 0 Å². The average Bonchev–Trinajstić information content (AvgIpc) is 2.17. The molecule has 84 valence electrons. The molecule has 14 heavy (non-hydrogen) atoms. The van der Waals surface area contributed by atoms with E-state index < -0.39 is 0 Å². The monoisotopic (exact) mass is 218 g/mol. The van der Waals surface area contributed by atoms with Crippen molar-refractivity contribution in [3.05, 3.63) is 0 Å². The first-order valence-electron chi connectivity index (χ1n) is 5.13. The number of thioether (sulfide) groups is 1. The molecule has 2 amide bonds. The Morgan fingerprint density at radius 2 is 2.21 bits per heavy atom. The molecule has 0 aromatic carbocycles. The molecule has 0 unspecified atom stereocenters. The van der Waals surface area contributed by atoms with Crippen LogP contribution in [0.4, 0.5) is 4.79 Å². The second kappa shape index (κ2) is 7.97. The molecule has 4 heteroatoms. The number of carbonyl (C=O) groups excluding carboxylic acids is 1. The first-order valence-corrected chi connectivity index (χ1v) is 6.52. The van der Waals surface area contributed by atoms with Gasteiger partial charge in [-0.3, -0.25) is 0 Å². The van der Waals surface area contributed by atoms with Crippen LogP contribution in [0.2, 0.25) is 0 Å². The predicted octanol–water partition coefficient (Wildman–Crippen LogP) is 2.18. The van der Waals surface area contributed by atoms with Crippen LogP contribution >= 0.6 is 11.8 Å². The largest absolute Gasteiger partial charge is 0.338 e. The molecule has 0 aliphatic rings. The maximum absolute atomic E-state index is 11.5. The summed E-state index contributed by atoms with van der Waals surface area (Å²) in [6.07, 6.45) is 4.22. The Balaban J connectivity index is 3.74. The number of hydrogen-bond acceptors (Lipinski definition) is 2. The Kier molecular flexibility index (Phi) is 7.76. The van der Waals surface area contributed by atoms with Gasteiger partial charge in [0.1, 0.15) is 0 Å². The van der Waals surface area contributed by atoms with Gasteiger partial charge >= 0.3 is 6.03 Å². The molecule has 3 nitrogen and oxygen atoms in total. The molecule has 0 heterocycles. The van der Waals surface area contributed by atoms with Gasteiger partial charge in [0, 0.05) is 25.4 Å². The number of hydrogen-bond donors (Lipinski definition) is 1. The van der Waals surface area contributed by atoms with Crippen molar-refractivity contribution < 1.29 is 4.79 Å². The molecule has 0 spiro atoms. The van der Waals surface area contributed by atoms with E-state index >= 15 is 0 Å². The van der Waals surface area contributed by atoms with Crippen LogP contribution < -0.4 is 5.32 Å². The van der Waals surface area contributed by atoms with Gasteiger partial charge in [-0.05, 0) is 19.6 Å². The Morgan fingerprint density at radius 3 is 2.71 bits per heavy atom. The van der Waals surface area contributed by atoms with E-state index in [4.69, 9.17) is 0 Å². The van der Waals surface area contributed by atoms with Crippen LogP contribution in [0.1, 0.15) is 26.7 Å². The normalized spacial score (nSPS) is 12.3. The molecule has 0 saturated heterocycles. The topological polar surface area (TPSA) is 32.3 Å². The fraction of sp³-hybridized carbons (Fsp3) is 0.900. The van der Waals surface area contributed by atoms with Crippen molar-refractivity contribution in [3.8, 4) is 0 Å². The van der Waals surface area contributed by atoms with E-state index in [0.29, 0.717) is 6.04 Å². The summed E-state index contributed by atoms with van der Waals surface area (Å²) in [6, 6.07) is 0.339. The van der Waals surface area contributed by atoms with Gasteiger partial charge in [-0.2, -0.15) is 11.8 Å². The number of amides is 2. The summed E-state index contributed by atoms with van der Waals surface area (Å²) in [5.74, 6) is 0.984. The number of unbranched alkanes of at least 4 members (excludes halogenated alkanes) is 1. The lowest BCUT2D eigenvalue weighted by molar-refractivity contribution is 0.198. The quantitative estimate of drug-likeness (QED) is 0.693. The Bertz CT molecular complexity index is 164. The Morgan fingerprint density at radius 1 is 1.57 bits per heavy atom. The fourth-order valence-corrected chi connectivity index (χ4v) is 1.76. The summed E-state index contributed by atoms with van der Waals surface area (Å²) in [4.78, 5) is 13.3. The molecule has 1 atom stereocenters. The minimum Gasteiger partial charge on any atom is -0.338 e. The average molecular weight is 218 g/mol. The van der Waals surface area contributed by atoms with Gasteiger partial charge in [-0.25, -0.2) is 4.79 Å². The van der Waals surface area contributed by atoms with Gasteiger partial charge in [-0.15, -0.1) is 0 Å². The number of nitrogens with one attached hydrogen (secondary N) is 1. The van der Waals surface area contributed by atoms with Crippen LogP contribution in [0, 0.1) is 0 Å². The van der Waals surface area contributed by atoms with Gasteiger partial charge in [0.05, 0.1) is 0 Å². The van der Waals surface area contributed by atoms with E-state index in [1.807, 2.05) is 7.05 Å². The zero-order chi connectivity index (χ0) is 11.0. The maximum Gasteiger partial charge on any atom is 0.317 e. The maximum atomic E-state index is 11.5. The first kappa shape index (κ1) is 13.6. The molecular weight excluding hydrogens is 196 g/mol. The fourth-order valence-electron chi connectivity index (χ4n) is 1.05. The van der Waals surface area contributed by atoms with Crippen LogP contribution in [0.25, 0.3) is 0 Å². The zero-order valence-corrected chi connectivity index (χ0v) is 10.5. The van der Waals surface area contributed by atoms with Gasteiger partial charge < -0.3 is 10.2 Å². The van der Waals surface area contributed by atoms with Crippen molar-refractivity contribution in [2.75, 3.05) is 25.6 Å². The van der Waals surface area contributed by atoms with Crippen molar-refractivity contribution in [1.82, 2.24) is 10.2 Å². The van der Waals surface area contributed by atoms with E-state index in [-0.39, 0.29) is 6.03 Å². The van der Waals surface area contributed by atoms with Gasteiger partial charge in [0.2, 0.25) is 0 Å². The summed E-state index contributed by atoms with van der Waals surface area (Å²) in [5.41, 5.74) is 0. The second-order valence-corrected chi connectivity index (χ2v) is 4.41. The molecule has 0 aromatic rings. The molecule has 0 fully saturated rings. The third-order valence-electron chi connectivity index (χ3n) is 2.20. The summed E-state index contributed by atoms with van der Waals surface area (Å²) < 4.78 is 0. The Hall–Kier alpha value is -0.380. The van der Waals surface area contributed by atoms with E-state index in [0.717, 1.165) is 25.1 Å². The molecule has 0 aliphatic carbocycles. The highest BCUT2D eigenvalue weighted by atomic mass is 32.2. The Labute approximate surface area is 91.6 Å². The van der Waals surface area contributed by atoms with Crippen molar-refractivity contribution in [2.45, 2.75) is 32.7 Å². The number of carbonyl (C=O) groups is 1. The lowest BCUT2D eigenvalue weighted by Gasteiger charge is -2.24. The lowest BCUT2D eigenvalue weighted by Crippen LogP contribution is -2.43. The highest BCUT2D eigenvalue weighted by Crippen LogP contribution is 2.03. The smallest absolute Gasteiger partial charge is 0.317 e. The van der Waals surface area contributed by atoms with Crippen molar-refractivity contribution in [3.63, 3.8) is 0 Å². The third kappa shape index (κ3) is 5.37. The molecule has 0 radical (unpaired) electrons. The van der Waals surface area contributed by atoms with Gasteiger partial charge in [0.25, 0.3) is 0 Å². The molecular formula is C10H22N2OS. The summed E-state index contributed by atoms with van der Waals surface area (Å²) in [7, 11) is 1.85. The van der Waals surface area contributed by atoms with E-state index in [1.165, 1.54) is 0 Å². The third-order valence-corrected chi connectivity index (χ3v) is 3.01. The van der Waals surface area contributed by atoms with Crippen molar-refractivity contribution >= 4 is 17.8 Å². The number of urea groups is 1. The van der Waals surface area contributed by atoms with Crippen LogP contribution in [0.5, 0.6) is 0 Å². The number of rotatable bonds is 6. The second-order valence-electron chi connectivity index (χ2n) is 3.50. The van der Waals surface area contributed by atoms with Crippen molar-refractivity contribution in [2.24, 2.45) is 0 Å².